The van der Waals surface area contributed by atoms with Crippen molar-refractivity contribution in [2.24, 2.45) is 0 Å². The van der Waals surface area contributed by atoms with Gasteiger partial charge in [-0.3, -0.25) is 4.79 Å². The maximum absolute atomic E-state index is 12.6. The number of benzene rings is 1. The predicted octanol–water partition coefficient (Wildman–Crippen LogP) is 1.72. The van der Waals surface area contributed by atoms with E-state index in [1.165, 1.54) is 0 Å². The summed E-state index contributed by atoms with van der Waals surface area (Å²) in [7, 11) is 1.57. The largest absolute Gasteiger partial charge is 0.496 e. The highest BCUT2D eigenvalue weighted by Gasteiger charge is 2.41. The van der Waals surface area contributed by atoms with E-state index in [1.54, 1.807) is 24.1 Å². The fourth-order valence-electron chi connectivity index (χ4n) is 3.21. The highest BCUT2D eigenvalue weighted by atomic mass is 16.7. The Kier molecular flexibility index (Phi) is 4.14. The van der Waals surface area contributed by atoms with Crippen LogP contribution in [0.15, 0.2) is 28.7 Å². The quantitative estimate of drug-likeness (QED) is 0.837. The van der Waals surface area contributed by atoms with Crippen molar-refractivity contribution < 1.29 is 23.4 Å². The van der Waals surface area contributed by atoms with Crippen molar-refractivity contribution in [2.75, 3.05) is 33.4 Å². The minimum atomic E-state index is -0.520. The number of carbonyl (C=O) groups is 1. The SMILES string of the molecule is COc1ccccc1-c1nnc(C(=O)N2CCC3(CC2)OCCO3)o1. The Morgan fingerprint density at radius 2 is 1.88 bits per heavy atom. The smallest absolute Gasteiger partial charge is 0.311 e. The number of carbonyl (C=O) groups excluding carboxylic acids is 1. The van der Waals surface area contributed by atoms with Gasteiger partial charge >= 0.3 is 11.8 Å². The van der Waals surface area contributed by atoms with Gasteiger partial charge in [0.25, 0.3) is 5.89 Å². The molecule has 0 saturated carbocycles. The molecule has 1 aromatic heterocycles. The maximum atomic E-state index is 12.6. The number of aromatic nitrogens is 2. The lowest BCUT2D eigenvalue weighted by atomic mass is 10.0. The summed E-state index contributed by atoms with van der Waals surface area (Å²) in [5, 5.41) is 7.89. The van der Waals surface area contributed by atoms with Gasteiger partial charge in [0.2, 0.25) is 0 Å². The summed E-state index contributed by atoms with van der Waals surface area (Å²) in [5.41, 5.74) is 0.655. The normalized spacial score (nSPS) is 19.3. The molecule has 4 rings (SSSR count). The van der Waals surface area contributed by atoms with Crippen LogP contribution in [0.1, 0.15) is 23.5 Å². The standard InChI is InChI=1S/C17H19N3O5/c1-22-13-5-3-2-4-12(13)14-18-19-15(25-14)16(21)20-8-6-17(7-9-20)23-10-11-24-17/h2-5H,6-11H2,1H3. The molecule has 0 bridgehead atoms. The van der Waals surface area contributed by atoms with Gasteiger partial charge < -0.3 is 23.5 Å². The molecule has 2 aromatic rings. The Morgan fingerprint density at radius 3 is 2.60 bits per heavy atom. The number of nitrogens with zero attached hydrogens (tertiary/aromatic N) is 3. The van der Waals surface area contributed by atoms with E-state index < -0.39 is 5.79 Å². The third-order valence-electron chi connectivity index (χ3n) is 4.57. The van der Waals surface area contributed by atoms with E-state index in [9.17, 15) is 4.79 Å². The van der Waals surface area contributed by atoms with Crippen molar-refractivity contribution >= 4 is 5.91 Å². The summed E-state index contributed by atoms with van der Waals surface area (Å²) >= 11 is 0. The molecule has 25 heavy (non-hydrogen) atoms. The maximum Gasteiger partial charge on any atom is 0.311 e. The first-order valence-corrected chi connectivity index (χ1v) is 8.25. The summed E-state index contributed by atoms with van der Waals surface area (Å²) in [4.78, 5) is 14.3. The molecule has 0 radical (unpaired) electrons. The van der Waals surface area contributed by atoms with Gasteiger partial charge in [-0.25, -0.2) is 0 Å². The summed E-state index contributed by atoms with van der Waals surface area (Å²) in [6.45, 7) is 2.29. The van der Waals surface area contributed by atoms with Crippen LogP contribution in [0, 0.1) is 0 Å². The van der Waals surface area contributed by atoms with Gasteiger partial charge in [0.15, 0.2) is 5.79 Å². The van der Waals surface area contributed by atoms with Crippen LogP contribution in [-0.4, -0.2) is 60.2 Å². The average molecular weight is 345 g/mol. The number of piperidine rings is 1. The zero-order valence-corrected chi connectivity index (χ0v) is 13.9. The monoisotopic (exact) mass is 345 g/mol. The number of para-hydroxylation sites is 1. The lowest BCUT2D eigenvalue weighted by Gasteiger charge is -2.36. The van der Waals surface area contributed by atoms with Gasteiger partial charge in [-0.05, 0) is 12.1 Å². The number of ether oxygens (including phenoxy) is 3. The fourth-order valence-corrected chi connectivity index (χ4v) is 3.21. The third kappa shape index (κ3) is 2.98. The number of rotatable bonds is 3. The lowest BCUT2D eigenvalue weighted by Crippen LogP contribution is -2.47. The highest BCUT2D eigenvalue weighted by molar-refractivity contribution is 5.90. The van der Waals surface area contributed by atoms with Crippen LogP contribution >= 0.6 is 0 Å². The minimum absolute atomic E-state index is 0.0230. The van der Waals surface area contributed by atoms with Crippen LogP contribution in [0.3, 0.4) is 0 Å². The fraction of sp³-hybridized carbons (Fsp3) is 0.471. The molecule has 0 unspecified atom stereocenters. The summed E-state index contributed by atoms with van der Waals surface area (Å²) in [6.07, 6.45) is 1.29. The van der Waals surface area contributed by atoms with Crippen LogP contribution < -0.4 is 4.74 Å². The molecule has 0 aliphatic carbocycles. The predicted molar refractivity (Wildman–Crippen MR) is 86.1 cm³/mol. The molecule has 3 heterocycles. The Morgan fingerprint density at radius 1 is 1.16 bits per heavy atom. The zero-order valence-electron chi connectivity index (χ0n) is 13.9. The molecule has 2 aliphatic heterocycles. The van der Waals surface area contributed by atoms with E-state index in [1.807, 2.05) is 12.1 Å². The van der Waals surface area contributed by atoms with Crippen LogP contribution in [0.4, 0.5) is 0 Å². The topological polar surface area (TPSA) is 86.9 Å². The molecule has 2 saturated heterocycles. The van der Waals surface area contributed by atoms with Crippen LogP contribution in [0.2, 0.25) is 0 Å². The van der Waals surface area contributed by atoms with E-state index >= 15 is 0 Å². The van der Waals surface area contributed by atoms with Gasteiger partial charge in [-0.1, -0.05) is 12.1 Å². The molecule has 0 N–H and O–H groups in total. The van der Waals surface area contributed by atoms with E-state index in [4.69, 9.17) is 18.6 Å². The van der Waals surface area contributed by atoms with E-state index in [-0.39, 0.29) is 17.7 Å². The van der Waals surface area contributed by atoms with Crippen molar-refractivity contribution in [2.45, 2.75) is 18.6 Å². The van der Waals surface area contributed by atoms with Crippen LogP contribution in [-0.2, 0) is 9.47 Å². The molecule has 8 nitrogen and oxygen atoms in total. The molecule has 2 aliphatic rings. The number of methoxy groups -OCH3 is 1. The molecule has 1 aromatic carbocycles. The van der Waals surface area contributed by atoms with Gasteiger partial charge in [0.1, 0.15) is 5.75 Å². The summed E-state index contributed by atoms with van der Waals surface area (Å²) in [5.74, 6) is 0.0534. The second-order valence-electron chi connectivity index (χ2n) is 6.01. The van der Waals surface area contributed by atoms with Gasteiger partial charge in [-0.15, -0.1) is 10.2 Å². The third-order valence-corrected chi connectivity index (χ3v) is 4.57. The van der Waals surface area contributed by atoms with Crippen molar-refractivity contribution in [1.82, 2.24) is 15.1 Å². The highest BCUT2D eigenvalue weighted by Crippen LogP contribution is 2.32. The second kappa shape index (κ2) is 6.45. The first-order valence-electron chi connectivity index (χ1n) is 8.25. The van der Waals surface area contributed by atoms with E-state index in [2.05, 4.69) is 10.2 Å². The molecule has 2 fully saturated rings. The first-order chi connectivity index (χ1) is 12.2. The molecular formula is C17H19N3O5. The van der Waals surface area contributed by atoms with Gasteiger partial charge in [0.05, 0.1) is 25.9 Å². The van der Waals surface area contributed by atoms with Crippen molar-refractivity contribution in [3.63, 3.8) is 0 Å². The number of hydrogen-bond acceptors (Lipinski definition) is 7. The molecule has 1 amide bonds. The van der Waals surface area contributed by atoms with Gasteiger partial charge in [0, 0.05) is 25.9 Å². The summed E-state index contributed by atoms with van der Waals surface area (Å²) in [6, 6.07) is 7.30. The van der Waals surface area contributed by atoms with Gasteiger partial charge in [-0.2, -0.15) is 0 Å². The second-order valence-corrected chi connectivity index (χ2v) is 6.01. The lowest BCUT2D eigenvalue weighted by molar-refractivity contribution is -0.181. The molecular weight excluding hydrogens is 326 g/mol. The van der Waals surface area contributed by atoms with E-state index in [0.717, 1.165) is 0 Å². The van der Waals surface area contributed by atoms with Crippen molar-refractivity contribution in [1.29, 1.82) is 0 Å². The van der Waals surface area contributed by atoms with E-state index in [0.29, 0.717) is 50.5 Å². The molecule has 0 atom stereocenters. The van der Waals surface area contributed by atoms with Crippen molar-refractivity contribution in [3.05, 3.63) is 30.2 Å². The number of likely N-dealkylation sites (tertiary alicyclic amines) is 1. The first kappa shape index (κ1) is 16.0. The number of hydrogen-bond donors (Lipinski definition) is 0. The van der Waals surface area contributed by atoms with Crippen LogP contribution in [0.25, 0.3) is 11.5 Å². The number of amides is 1. The Bertz CT molecular complexity index is 759. The van der Waals surface area contributed by atoms with Crippen molar-refractivity contribution in [3.8, 4) is 17.2 Å². The molecule has 1 spiro atoms. The summed E-state index contributed by atoms with van der Waals surface area (Å²) < 4.78 is 22.2. The minimum Gasteiger partial charge on any atom is -0.496 e. The molecule has 132 valence electrons. The Balaban J connectivity index is 1.48. The molecule has 8 heteroatoms. The average Bonchev–Trinajstić information content (AvgIpc) is 3.32. The zero-order chi connectivity index (χ0) is 17.3. The van der Waals surface area contributed by atoms with Crippen LogP contribution in [0.5, 0.6) is 5.75 Å². The Hall–Kier alpha value is -2.45. The Labute approximate surface area is 144 Å².